The lowest BCUT2D eigenvalue weighted by atomic mass is 10.1. The molecule has 0 atom stereocenters. The monoisotopic (exact) mass is 351 g/mol. The van der Waals surface area contributed by atoms with Crippen LogP contribution < -0.4 is 10.1 Å². The van der Waals surface area contributed by atoms with E-state index in [1.807, 2.05) is 12.1 Å². The maximum atomic E-state index is 12.2. The molecular weight excluding hydrogens is 338 g/mol. The van der Waals surface area contributed by atoms with Gasteiger partial charge in [0.2, 0.25) is 0 Å². The van der Waals surface area contributed by atoms with Gasteiger partial charge in [0.1, 0.15) is 5.75 Å². The first-order valence-electron chi connectivity index (χ1n) is 6.09. The Labute approximate surface area is 130 Å². The first-order chi connectivity index (χ1) is 9.90. The van der Waals surface area contributed by atoms with Crippen molar-refractivity contribution in [3.05, 3.63) is 35.3 Å². The minimum absolute atomic E-state index is 0.0902. The summed E-state index contributed by atoms with van der Waals surface area (Å²) in [5, 5.41) is 13.8. The number of hydrogen-bond acceptors (Lipinski definition) is 5. The molecule has 1 amide bonds. The summed E-state index contributed by atoms with van der Waals surface area (Å²) >= 11 is 3.34. The molecule has 0 aliphatic rings. The lowest BCUT2D eigenvalue weighted by molar-refractivity contribution is -0.128. The molecule has 2 rings (SSSR count). The van der Waals surface area contributed by atoms with Gasteiger partial charge in [-0.1, -0.05) is 27.6 Å². The van der Waals surface area contributed by atoms with Crippen LogP contribution in [0.5, 0.6) is 5.75 Å². The molecule has 0 aliphatic carbocycles. The Bertz CT molecular complexity index is 651. The van der Waals surface area contributed by atoms with Gasteiger partial charge in [0.25, 0.3) is 11.9 Å². The first kappa shape index (κ1) is 15.2. The molecule has 0 radical (unpaired) electrons. The van der Waals surface area contributed by atoms with Crippen LogP contribution in [0.3, 0.4) is 0 Å². The van der Waals surface area contributed by atoms with E-state index in [-0.39, 0.29) is 11.9 Å². The maximum absolute atomic E-state index is 12.2. The van der Waals surface area contributed by atoms with Crippen LogP contribution in [0.1, 0.15) is 13.8 Å². The van der Waals surface area contributed by atoms with Gasteiger partial charge in [-0.3, -0.25) is 10.1 Å². The molecule has 1 N–H and O–H groups in total. The second kappa shape index (κ2) is 6.04. The first-order valence-corrected chi connectivity index (χ1v) is 6.88. The van der Waals surface area contributed by atoms with Gasteiger partial charge in [0, 0.05) is 10.7 Å². The second-order valence-electron chi connectivity index (χ2n) is 4.64. The molecule has 21 heavy (non-hydrogen) atoms. The molecular formula is C13H14BrN5O2. The molecule has 2 aromatic rings. The Morgan fingerprint density at radius 1 is 1.43 bits per heavy atom. The van der Waals surface area contributed by atoms with Crippen LogP contribution in [0.2, 0.25) is 0 Å². The number of aromatic nitrogens is 4. The molecule has 0 saturated carbocycles. The molecule has 0 fully saturated rings. The van der Waals surface area contributed by atoms with E-state index in [0.29, 0.717) is 5.75 Å². The van der Waals surface area contributed by atoms with Gasteiger partial charge in [-0.2, -0.15) is 0 Å². The zero-order valence-electron chi connectivity index (χ0n) is 11.6. The standard InChI is InChI=1S/C13H14BrN5O2/c1-4-19-17-12(16-18-19)15-11(20)13(2,3)21-10-7-5-9(14)6-8-10/h4-8H,1H2,2-3H3,(H,15,17,20). The fraction of sp³-hybridized carbons (Fsp3) is 0.231. The van der Waals surface area contributed by atoms with E-state index in [1.165, 1.54) is 6.20 Å². The number of nitrogens with zero attached hydrogens (tertiary/aromatic N) is 4. The fourth-order valence-electron chi connectivity index (χ4n) is 1.45. The van der Waals surface area contributed by atoms with Crippen molar-refractivity contribution in [2.24, 2.45) is 0 Å². The van der Waals surface area contributed by atoms with E-state index in [1.54, 1.807) is 26.0 Å². The lowest BCUT2D eigenvalue weighted by Crippen LogP contribution is -2.42. The van der Waals surface area contributed by atoms with Crippen molar-refractivity contribution >= 4 is 34.0 Å². The number of ether oxygens (including phenoxy) is 1. The van der Waals surface area contributed by atoms with Crippen LogP contribution in [0.25, 0.3) is 6.20 Å². The van der Waals surface area contributed by atoms with Crippen LogP contribution in [-0.4, -0.2) is 31.7 Å². The quantitative estimate of drug-likeness (QED) is 0.893. The number of amides is 1. The molecule has 1 heterocycles. The number of carbonyl (C=O) groups is 1. The summed E-state index contributed by atoms with van der Waals surface area (Å²) < 4.78 is 6.62. The average Bonchev–Trinajstić information content (AvgIpc) is 2.89. The zero-order valence-corrected chi connectivity index (χ0v) is 13.2. The van der Waals surface area contributed by atoms with Gasteiger partial charge in [-0.25, -0.2) is 0 Å². The molecule has 1 aromatic heterocycles. The zero-order chi connectivity index (χ0) is 15.5. The Morgan fingerprint density at radius 3 is 2.67 bits per heavy atom. The molecule has 0 aliphatic heterocycles. The number of benzene rings is 1. The number of nitrogens with one attached hydrogen (secondary N) is 1. The fourth-order valence-corrected chi connectivity index (χ4v) is 1.71. The number of hydrogen-bond donors (Lipinski definition) is 1. The number of tetrazole rings is 1. The van der Waals surface area contributed by atoms with Crippen LogP contribution >= 0.6 is 15.9 Å². The van der Waals surface area contributed by atoms with E-state index in [0.717, 1.165) is 9.27 Å². The summed E-state index contributed by atoms with van der Waals surface area (Å²) in [7, 11) is 0. The van der Waals surface area contributed by atoms with Crippen molar-refractivity contribution in [1.82, 2.24) is 20.2 Å². The summed E-state index contributed by atoms with van der Waals surface area (Å²) in [6.45, 7) is 6.80. The smallest absolute Gasteiger partial charge is 0.270 e. The highest BCUT2D eigenvalue weighted by atomic mass is 79.9. The maximum Gasteiger partial charge on any atom is 0.270 e. The largest absolute Gasteiger partial charge is 0.478 e. The van der Waals surface area contributed by atoms with Crippen molar-refractivity contribution in [3.63, 3.8) is 0 Å². The van der Waals surface area contributed by atoms with Crippen molar-refractivity contribution in [2.75, 3.05) is 5.32 Å². The summed E-state index contributed by atoms with van der Waals surface area (Å²) in [6, 6.07) is 7.21. The second-order valence-corrected chi connectivity index (χ2v) is 5.55. The van der Waals surface area contributed by atoms with Crippen LogP contribution in [0.4, 0.5) is 5.95 Å². The van der Waals surface area contributed by atoms with Gasteiger partial charge < -0.3 is 4.74 Å². The third-order valence-electron chi connectivity index (χ3n) is 2.55. The summed E-state index contributed by atoms with van der Waals surface area (Å²) in [6.07, 6.45) is 1.37. The van der Waals surface area contributed by atoms with Crippen molar-refractivity contribution in [3.8, 4) is 5.75 Å². The van der Waals surface area contributed by atoms with E-state index < -0.39 is 5.60 Å². The predicted octanol–water partition coefficient (Wildman–Crippen LogP) is 2.33. The SMILES string of the molecule is C=Cn1nnc(NC(=O)C(C)(C)Oc2ccc(Br)cc2)n1. The molecule has 1 aromatic carbocycles. The van der Waals surface area contributed by atoms with Gasteiger partial charge in [0.05, 0.1) is 0 Å². The minimum atomic E-state index is -1.09. The summed E-state index contributed by atoms with van der Waals surface area (Å²) in [5.41, 5.74) is -1.09. The normalized spacial score (nSPS) is 11.0. The van der Waals surface area contributed by atoms with Crippen LogP contribution in [0, 0.1) is 0 Å². The van der Waals surface area contributed by atoms with Crippen molar-refractivity contribution < 1.29 is 9.53 Å². The highest BCUT2D eigenvalue weighted by Gasteiger charge is 2.31. The predicted molar refractivity (Wildman–Crippen MR) is 81.7 cm³/mol. The third kappa shape index (κ3) is 3.88. The summed E-state index contributed by atoms with van der Waals surface area (Å²) in [4.78, 5) is 13.4. The number of carbonyl (C=O) groups excluding carboxylic acids is 1. The Balaban J connectivity index is 2.05. The van der Waals surface area contributed by atoms with E-state index >= 15 is 0 Å². The van der Waals surface area contributed by atoms with Gasteiger partial charge in [0.15, 0.2) is 5.60 Å². The van der Waals surface area contributed by atoms with Crippen molar-refractivity contribution in [1.29, 1.82) is 0 Å². The third-order valence-corrected chi connectivity index (χ3v) is 3.08. The van der Waals surface area contributed by atoms with Gasteiger partial charge >= 0.3 is 0 Å². The molecule has 0 saturated heterocycles. The van der Waals surface area contributed by atoms with E-state index in [2.05, 4.69) is 43.2 Å². The highest BCUT2D eigenvalue weighted by molar-refractivity contribution is 9.10. The van der Waals surface area contributed by atoms with E-state index in [9.17, 15) is 4.79 Å². The highest BCUT2D eigenvalue weighted by Crippen LogP contribution is 2.21. The van der Waals surface area contributed by atoms with Crippen LogP contribution in [0.15, 0.2) is 35.3 Å². The Hall–Kier alpha value is -2.22. The Kier molecular flexibility index (Phi) is 4.37. The molecule has 8 heteroatoms. The van der Waals surface area contributed by atoms with Gasteiger partial charge in [-0.05, 0) is 43.3 Å². The molecule has 110 valence electrons. The minimum Gasteiger partial charge on any atom is -0.478 e. The van der Waals surface area contributed by atoms with Crippen LogP contribution in [-0.2, 0) is 4.79 Å². The number of rotatable bonds is 5. The number of halogens is 1. The molecule has 0 spiro atoms. The molecule has 0 unspecified atom stereocenters. The average molecular weight is 352 g/mol. The lowest BCUT2D eigenvalue weighted by Gasteiger charge is -2.24. The van der Waals surface area contributed by atoms with Crippen molar-refractivity contribution in [2.45, 2.75) is 19.4 Å². The van der Waals surface area contributed by atoms with E-state index in [4.69, 9.17) is 4.74 Å². The molecule has 7 nitrogen and oxygen atoms in total. The molecule has 0 bridgehead atoms. The topological polar surface area (TPSA) is 81.9 Å². The Morgan fingerprint density at radius 2 is 2.10 bits per heavy atom. The number of anilines is 1. The summed E-state index contributed by atoms with van der Waals surface area (Å²) in [5.74, 6) is 0.294. The van der Waals surface area contributed by atoms with Gasteiger partial charge in [-0.15, -0.1) is 9.90 Å².